The summed E-state index contributed by atoms with van der Waals surface area (Å²) in [6.45, 7) is 1.69. The van der Waals surface area contributed by atoms with Crippen molar-refractivity contribution in [3.63, 3.8) is 0 Å². The number of hydrogen-bond donors (Lipinski definition) is 2. The molecule has 134 valence electrons. The van der Waals surface area contributed by atoms with E-state index in [-0.39, 0.29) is 5.69 Å². The zero-order valence-corrected chi connectivity index (χ0v) is 15.5. The molecule has 8 nitrogen and oxygen atoms in total. The Bertz CT molecular complexity index is 935. The Morgan fingerprint density at radius 1 is 1.19 bits per heavy atom. The topological polar surface area (TPSA) is 97.6 Å². The first-order chi connectivity index (χ1) is 12.5. The third kappa shape index (κ3) is 3.92. The Hall–Kier alpha value is -2.70. The summed E-state index contributed by atoms with van der Waals surface area (Å²) in [5.41, 5.74) is 0.155. The van der Waals surface area contributed by atoms with E-state index in [1.807, 2.05) is 0 Å². The molecule has 0 saturated carbocycles. The fourth-order valence-corrected chi connectivity index (χ4v) is 2.70. The van der Waals surface area contributed by atoms with Crippen molar-refractivity contribution in [2.24, 2.45) is 0 Å². The number of urea groups is 1. The molecule has 0 unspecified atom stereocenters. The van der Waals surface area contributed by atoms with Gasteiger partial charge < -0.3 is 10.6 Å². The van der Waals surface area contributed by atoms with Gasteiger partial charge in [-0.2, -0.15) is 9.78 Å². The van der Waals surface area contributed by atoms with E-state index in [2.05, 4.69) is 30.7 Å². The average molecular weight is 471 g/mol. The number of anilines is 1. The molecule has 2 amide bonds. The van der Waals surface area contributed by atoms with Gasteiger partial charge in [0.15, 0.2) is 17.5 Å². The van der Waals surface area contributed by atoms with Gasteiger partial charge in [-0.1, -0.05) is 0 Å². The smallest absolute Gasteiger partial charge is 0.319 e. The van der Waals surface area contributed by atoms with Crippen LogP contribution in [-0.2, 0) is 0 Å². The van der Waals surface area contributed by atoms with Crippen molar-refractivity contribution in [1.82, 2.24) is 30.0 Å². The lowest BCUT2D eigenvalue weighted by Gasteiger charge is -2.15. The fraction of sp³-hybridized carbons (Fsp3) is 0.133. The zero-order valence-electron chi connectivity index (χ0n) is 13.3. The number of aromatic nitrogens is 5. The molecule has 0 aliphatic rings. The summed E-state index contributed by atoms with van der Waals surface area (Å²) in [5.74, 6) is -1.31. The molecule has 2 N–H and O–H groups in total. The summed E-state index contributed by atoms with van der Waals surface area (Å²) in [7, 11) is 0. The van der Waals surface area contributed by atoms with E-state index in [0.29, 0.717) is 15.3 Å². The largest absolute Gasteiger partial charge is 0.328 e. The van der Waals surface area contributed by atoms with Crippen LogP contribution in [0.25, 0.3) is 5.95 Å². The van der Waals surface area contributed by atoms with Crippen molar-refractivity contribution in [2.75, 3.05) is 5.32 Å². The van der Waals surface area contributed by atoms with Gasteiger partial charge in [-0.3, -0.25) is 0 Å². The van der Waals surface area contributed by atoms with Crippen LogP contribution in [0.3, 0.4) is 0 Å². The molecule has 0 bridgehead atoms. The first-order valence-corrected chi connectivity index (χ1v) is 8.43. The molecule has 1 atom stereocenters. The Labute approximate surface area is 160 Å². The van der Waals surface area contributed by atoms with Gasteiger partial charge in [0.2, 0.25) is 0 Å². The molecule has 0 spiro atoms. The lowest BCUT2D eigenvalue weighted by atomic mass is 10.3. The molecule has 26 heavy (non-hydrogen) atoms. The number of benzene rings is 1. The number of halogens is 3. The lowest BCUT2D eigenvalue weighted by molar-refractivity contribution is 0.248. The molecule has 0 aliphatic heterocycles. The number of hydrogen-bond acceptors (Lipinski definition) is 5. The Kier molecular flexibility index (Phi) is 5.35. The van der Waals surface area contributed by atoms with E-state index >= 15 is 0 Å². The van der Waals surface area contributed by atoms with Gasteiger partial charge in [-0.05, 0) is 41.6 Å². The summed E-state index contributed by atoms with van der Waals surface area (Å²) in [6, 6.07) is 2.42. The van der Waals surface area contributed by atoms with E-state index in [1.54, 1.807) is 48.0 Å². The average Bonchev–Trinajstić information content (AvgIpc) is 3.10. The van der Waals surface area contributed by atoms with E-state index < -0.39 is 23.7 Å². The maximum absolute atomic E-state index is 13.4. The van der Waals surface area contributed by atoms with Crippen LogP contribution >= 0.6 is 22.6 Å². The highest BCUT2D eigenvalue weighted by Gasteiger charge is 2.19. The number of amides is 2. The summed E-state index contributed by atoms with van der Waals surface area (Å²) in [4.78, 5) is 24.5. The molecule has 0 saturated heterocycles. The van der Waals surface area contributed by atoms with Crippen LogP contribution < -0.4 is 10.6 Å². The highest BCUT2D eigenvalue weighted by atomic mass is 127. The van der Waals surface area contributed by atoms with Gasteiger partial charge in [-0.25, -0.2) is 28.5 Å². The van der Waals surface area contributed by atoms with Crippen molar-refractivity contribution in [3.8, 4) is 5.95 Å². The monoisotopic (exact) mass is 471 g/mol. The van der Waals surface area contributed by atoms with Gasteiger partial charge in [0.25, 0.3) is 5.95 Å². The van der Waals surface area contributed by atoms with Gasteiger partial charge in [0.1, 0.15) is 6.33 Å². The van der Waals surface area contributed by atoms with E-state index in [0.717, 1.165) is 12.1 Å². The molecule has 2 aromatic heterocycles. The molecule has 1 aromatic carbocycles. The number of rotatable bonds is 4. The molecule has 11 heteroatoms. The highest BCUT2D eigenvalue weighted by molar-refractivity contribution is 14.1. The molecule has 0 aliphatic carbocycles. The maximum atomic E-state index is 13.4. The SMILES string of the molecule is C[C@H](NC(=O)Nc1cc(F)c(F)cc1I)c1ncnn1-c1ncccn1. The van der Waals surface area contributed by atoms with Crippen LogP contribution in [-0.4, -0.2) is 30.8 Å². The number of nitrogens with zero attached hydrogens (tertiary/aromatic N) is 5. The quantitative estimate of drug-likeness (QED) is 0.451. The van der Waals surface area contributed by atoms with Crippen molar-refractivity contribution in [1.29, 1.82) is 0 Å². The summed E-state index contributed by atoms with van der Waals surface area (Å²) in [5, 5.41) is 9.18. The second-order valence-electron chi connectivity index (χ2n) is 5.15. The van der Waals surface area contributed by atoms with Gasteiger partial charge >= 0.3 is 6.03 Å². The summed E-state index contributed by atoms with van der Waals surface area (Å²) >= 11 is 1.80. The molecular formula is C15H12F2IN7O. The van der Waals surface area contributed by atoms with E-state index in [1.165, 1.54) is 11.0 Å². The lowest BCUT2D eigenvalue weighted by Crippen LogP contribution is -2.33. The highest BCUT2D eigenvalue weighted by Crippen LogP contribution is 2.22. The number of carbonyl (C=O) groups is 1. The zero-order chi connectivity index (χ0) is 18.7. The second-order valence-corrected chi connectivity index (χ2v) is 6.31. The molecule has 0 radical (unpaired) electrons. The normalized spacial score (nSPS) is 11.8. The van der Waals surface area contributed by atoms with Crippen molar-refractivity contribution >= 4 is 34.3 Å². The van der Waals surface area contributed by atoms with Crippen LogP contribution in [0.2, 0.25) is 0 Å². The molecule has 2 heterocycles. The number of carbonyl (C=O) groups excluding carboxylic acids is 1. The Balaban J connectivity index is 1.73. The standard InChI is InChI=1S/C15H12F2IN7O/c1-8(13-21-7-22-25(13)14-19-3-2-4-20-14)23-15(26)24-12-6-10(17)9(16)5-11(12)18/h2-8H,1H3,(H2,23,24,26)/t8-/m0/s1. The van der Waals surface area contributed by atoms with Gasteiger partial charge in [0.05, 0.1) is 11.7 Å². The Morgan fingerprint density at radius 3 is 2.62 bits per heavy atom. The summed E-state index contributed by atoms with van der Waals surface area (Å²) < 4.78 is 28.3. The van der Waals surface area contributed by atoms with Gasteiger partial charge in [0, 0.05) is 22.0 Å². The maximum Gasteiger partial charge on any atom is 0.319 e. The first-order valence-electron chi connectivity index (χ1n) is 7.35. The third-order valence-electron chi connectivity index (χ3n) is 3.31. The van der Waals surface area contributed by atoms with Gasteiger partial charge in [-0.15, -0.1) is 0 Å². The molecular weight excluding hydrogens is 459 g/mol. The van der Waals surface area contributed by atoms with Crippen molar-refractivity contribution in [2.45, 2.75) is 13.0 Å². The van der Waals surface area contributed by atoms with Crippen LogP contribution in [0.15, 0.2) is 36.9 Å². The predicted molar refractivity (Wildman–Crippen MR) is 96.6 cm³/mol. The third-order valence-corrected chi connectivity index (χ3v) is 4.20. The first kappa shape index (κ1) is 18.1. The van der Waals surface area contributed by atoms with Crippen LogP contribution in [0, 0.1) is 15.2 Å². The number of nitrogens with one attached hydrogen (secondary N) is 2. The minimum absolute atomic E-state index is 0.155. The van der Waals surface area contributed by atoms with Crippen LogP contribution in [0.1, 0.15) is 18.8 Å². The van der Waals surface area contributed by atoms with Crippen LogP contribution in [0.5, 0.6) is 0 Å². The Morgan fingerprint density at radius 2 is 1.88 bits per heavy atom. The molecule has 3 aromatic rings. The minimum Gasteiger partial charge on any atom is -0.328 e. The predicted octanol–water partition coefficient (Wildman–Crippen LogP) is 2.82. The fourth-order valence-electron chi connectivity index (χ4n) is 2.14. The summed E-state index contributed by atoms with van der Waals surface area (Å²) in [6.07, 6.45) is 4.44. The van der Waals surface area contributed by atoms with Crippen molar-refractivity contribution in [3.05, 3.63) is 57.9 Å². The molecule has 3 rings (SSSR count). The van der Waals surface area contributed by atoms with E-state index in [4.69, 9.17) is 0 Å². The molecule has 0 fully saturated rings. The minimum atomic E-state index is -1.05. The van der Waals surface area contributed by atoms with Crippen molar-refractivity contribution < 1.29 is 13.6 Å². The van der Waals surface area contributed by atoms with Crippen LogP contribution in [0.4, 0.5) is 19.3 Å². The van der Waals surface area contributed by atoms with E-state index in [9.17, 15) is 13.6 Å². The second kappa shape index (κ2) is 7.68.